The maximum Gasteiger partial charge on any atom is 0.273 e. The van der Waals surface area contributed by atoms with Crippen LogP contribution in [-0.2, 0) is 6.54 Å². The van der Waals surface area contributed by atoms with Crippen LogP contribution in [0.15, 0.2) is 24.3 Å². The molecule has 104 valence electrons. The minimum atomic E-state index is -0.332. The minimum Gasteiger partial charge on any atom is -0.395 e. The summed E-state index contributed by atoms with van der Waals surface area (Å²) in [6.07, 6.45) is 4.36. The van der Waals surface area contributed by atoms with E-state index in [1.807, 2.05) is 6.07 Å². The first kappa shape index (κ1) is 14.0. The van der Waals surface area contributed by atoms with Crippen LogP contribution >= 0.6 is 0 Å². The highest BCUT2D eigenvalue weighted by atomic mass is 16.6. The lowest BCUT2D eigenvalue weighted by Gasteiger charge is -2.28. The summed E-state index contributed by atoms with van der Waals surface area (Å²) >= 11 is 0. The Morgan fingerprint density at radius 3 is 2.84 bits per heavy atom. The molecule has 1 aromatic rings. The van der Waals surface area contributed by atoms with Gasteiger partial charge in [0.15, 0.2) is 0 Å². The van der Waals surface area contributed by atoms with E-state index >= 15 is 0 Å². The third-order valence-corrected chi connectivity index (χ3v) is 3.77. The van der Waals surface area contributed by atoms with Crippen LogP contribution in [0.3, 0.4) is 0 Å². The summed E-state index contributed by atoms with van der Waals surface area (Å²) in [6, 6.07) is 6.99. The van der Waals surface area contributed by atoms with E-state index in [0.717, 1.165) is 31.4 Å². The van der Waals surface area contributed by atoms with Gasteiger partial charge in [0, 0.05) is 24.2 Å². The Morgan fingerprint density at radius 2 is 2.11 bits per heavy atom. The molecule has 2 rings (SSSR count). The second kappa shape index (κ2) is 6.63. The molecule has 1 saturated heterocycles. The van der Waals surface area contributed by atoms with Crippen molar-refractivity contribution in [2.45, 2.75) is 38.3 Å². The van der Waals surface area contributed by atoms with Gasteiger partial charge in [0.25, 0.3) is 5.69 Å². The summed E-state index contributed by atoms with van der Waals surface area (Å²) in [5.74, 6) is 0. The molecule has 1 unspecified atom stereocenters. The summed E-state index contributed by atoms with van der Waals surface area (Å²) in [4.78, 5) is 12.9. The zero-order chi connectivity index (χ0) is 13.7. The van der Waals surface area contributed by atoms with Crippen molar-refractivity contribution in [1.29, 1.82) is 0 Å². The minimum absolute atomic E-state index is 0.126. The maximum absolute atomic E-state index is 11.0. The summed E-state index contributed by atoms with van der Waals surface area (Å²) < 4.78 is 0. The standard InChI is InChI=1S/C14H20N2O3/c17-11-13-7-2-1-5-9-15(13)10-12-6-3-4-8-14(12)16(18)19/h3-4,6,8,13,17H,1-2,5,7,9-11H2. The van der Waals surface area contributed by atoms with Gasteiger partial charge >= 0.3 is 0 Å². The summed E-state index contributed by atoms with van der Waals surface area (Å²) in [7, 11) is 0. The molecule has 1 fully saturated rings. The van der Waals surface area contributed by atoms with E-state index in [9.17, 15) is 15.2 Å². The van der Waals surface area contributed by atoms with Gasteiger partial charge in [0.2, 0.25) is 0 Å². The van der Waals surface area contributed by atoms with E-state index in [2.05, 4.69) is 4.90 Å². The first-order valence-electron chi connectivity index (χ1n) is 6.79. The van der Waals surface area contributed by atoms with Gasteiger partial charge < -0.3 is 5.11 Å². The molecule has 1 heterocycles. The van der Waals surface area contributed by atoms with Crippen LogP contribution in [0, 0.1) is 10.1 Å². The van der Waals surface area contributed by atoms with Crippen molar-refractivity contribution in [1.82, 2.24) is 4.90 Å². The molecular formula is C14H20N2O3. The Balaban J connectivity index is 2.16. The van der Waals surface area contributed by atoms with Gasteiger partial charge in [0.1, 0.15) is 0 Å². The van der Waals surface area contributed by atoms with Crippen LogP contribution in [0.2, 0.25) is 0 Å². The van der Waals surface area contributed by atoms with Crippen LogP contribution in [0.4, 0.5) is 5.69 Å². The Morgan fingerprint density at radius 1 is 1.32 bits per heavy atom. The molecule has 1 N–H and O–H groups in total. The molecule has 1 aliphatic rings. The number of likely N-dealkylation sites (tertiary alicyclic amines) is 1. The molecule has 0 saturated carbocycles. The predicted octanol–water partition coefficient (Wildman–Crippen LogP) is 2.33. The summed E-state index contributed by atoms with van der Waals surface area (Å²) in [5.41, 5.74) is 0.899. The van der Waals surface area contributed by atoms with Crippen molar-refractivity contribution in [2.75, 3.05) is 13.2 Å². The van der Waals surface area contributed by atoms with Gasteiger partial charge in [0.05, 0.1) is 11.5 Å². The highest BCUT2D eigenvalue weighted by Gasteiger charge is 2.23. The Kier molecular flexibility index (Phi) is 4.87. The lowest BCUT2D eigenvalue weighted by atomic mass is 10.1. The van der Waals surface area contributed by atoms with Crippen molar-refractivity contribution in [3.8, 4) is 0 Å². The normalized spacial score (nSPS) is 21.0. The molecule has 1 aliphatic heterocycles. The quantitative estimate of drug-likeness (QED) is 0.669. The average Bonchev–Trinajstić information content (AvgIpc) is 2.64. The monoisotopic (exact) mass is 264 g/mol. The Labute approximate surface area is 113 Å². The highest BCUT2D eigenvalue weighted by Crippen LogP contribution is 2.23. The lowest BCUT2D eigenvalue weighted by Crippen LogP contribution is -2.37. The number of nitro benzene ring substituents is 1. The van der Waals surface area contributed by atoms with Crippen LogP contribution in [0.25, 0.3) is 0 Å². The van der Waals surface area contributed by atoms with Crippen molar-refractivity contribution in [3.63, 3.8) is 0 Å². The van der Waals surface area contributed by atoms with Gasteiger partial charge in [-0.15, -0.1) is 0 Å². The average molecular weight is 264 g/mol. The van der Waals surface area contributed by atoms with Crippen LogP contribution in [0.5, 0.6) is 0 Å². The zero-order valence-corrected chi connectivity index (χ0v) is 11.0. The SMILES string of the molecule is O=[N+]([O-])c1ccccc1CN1CCCCCC1CO. The predicted molar refractivity (Wildman–Crippen MR) is 72.8 cm³/mol. The molecule has 0 bridgehead atoms. The van der Waals surface area contributed by atoms with Gasteiger partial charge in [-0.1, -0.05) is 31.0 Å². The van der Waals surface area contributed by atoms with Gasteiger partial charge in [-0.25, -0.2) is 0 Å². The van der Waals surface area contributed by atoms with Crippen LogP contribution < -0.4 is 0 Å². The van der Waals surface area contributed by atoms with E-state index < -0.39 is 0 Å². The third-order valence-electron chi connectivity index (χ3n) is 3.77. The molecule has 0 spiro atoms. The van der Waals surface area contributed by atoms with Crippen molar-refractivity contribution < 1.29 is 10.0 Å². The number of rotatable bonds is 4. The van der Waals surface area contributed by atoms with Gasteiger partial charge in [-0.2, -0.15) is 0 Å². The number of aliphatic hydroxyl groups is 1. The molecule has 0 radical (unpaired) electrons. The number of benzene rings is 1. The van der Waals surface area contributed by atoms with E-state index in [0.29, 0.717) is 6.54 Å². The lowest BCUT2D eigenvalue weighted by molar-refractivity contribution is -0.385. The fourth-order valence-corrected chi connectivity index (χ4v) is 2.69. The number of para-hydroxylation sites is 1. The van der Waals surface area contributed by atoms with E-state index in [1.54, 1.807) is 18.2 Å². The smallest absolute Gasteiger partial charge is 0.273 e. The van der Waals surface area contributed by atoms with Crippen molar-refractivity contribution in [2.24, 2.45) is 0 Å². The fourth-order valence-electron chi connectivity index (χ4n) is 2.69. The third kappa shape index (κ3) is 3.52. The van der Waals surface area contributed by atoms with Crippen molar-refractivity contribution >= 4 is 5.69 Å². The highest BCUT2D eigenvalue weighted by molar-refractivity contribution is 5.39. The van der Waals surface area contributed by atoms with Crippen molar-refractivity contribution in [3.05, 3.63) is 39.9 Å². The first-order chi connectivity index (χ1) is 9.22. The molecule has 5 nitrogen and oxygen atoms in total. The molecule has 1 aromatic carbocycles. The first-order valence-corrected chi connectivity index (χ1v) is 6.79. The fraction of sp³-hybridized carbons (Fsp3) is 0.571. The molecule has 0 aliphatic carbocycles. The number of hydrogen-bond acceptors (Lipinski definition) is 4. The zero-order valence-electron chi connectivity index (χ0n) is 11.0. The van der Waals surface area contributed by atoms with E-state index in [-0.39, 0.29) is 23.3 Å². The number of aliphatic hydroxyl groups excluding tert-OH is 1. The maximum atomic E-state index is 11.0. The van der Waals surface area contributed by atoms with Gasteiger partial charge in [-0.3, -0.25) is 15.0 Å². The largest absolute Gasteiger partial charge is 0.395 e. The van der Waals surface area contributed by atoms with E-state index in [1.165, 1.54) is 6.42 Å². The number of hydrogen-bond donors (Lipinski definition) is 1. The molecule has 1 atom stereocenters. The van der Waals surface area contributed by atoms with Gasteiger partial charge in [-0.05, 0) is 19.4 Å². The summed E-state index contributed by atoms with van der Waals surface area (Å²) in [6.45, 7) is 1.57. The topological polar surface area (TPSA) is 66.6 Å². The number of nitro groups is 1. The second-order valence-electron chi connectivity index (χ2n) is 5.04. The molecule has 0 amide bonds. The molecular weight excluding hydrogens is 244 g/mol. The Hall–Kier alpha value is -1.46. The van der Waals surface area contributed by atoms with Crippen LogP contribution in [0.1, 0.15) is 31.2 Å². The molecule has 19 heavy (non-hydrogen) atoms. The molecule has 5 heteroatoms. The second-order valence-corrected chi connectivity index (χ2v) is 5.04. The molecule has 0 aromatic heterocycles. The Bertz CT molecular complexity index is 436. The van der Waals surface area contributed by atoms with Crippen LogP contribution in [-0.4, -0.2) is 34.1 Å². The number of nitrogens with zero attached hydrogens (tertiary/aromatic N) is 2. The van der Waals surface area contributed by atoms with E-state index in [4.69, 9.17) is 0 Å². The summed E-state index contributed by atoms with van der Waals surface area (Å²) in [5, 5.41) is 20.5.